The number of aliphatic carboxylic acids is 1. The lowest BCUT2D eigenvalue weighted by molar-refractivity contribution is -0.192. The summed E-state index contributed by atoms with van der Waals surface area (Å²) >= 11 is 0. The van der Waals surface area contributed by atoms with Crippen LogP contribution in [0.2, 0.25) is 0 Å². The maximum Gasteiger partial charge on any atom is 0.490 e. The predicted molar refractivity (Wildman–Crippen MR) is 97.3 cm³/mol. The van der Waals surface area contributed by atoms with Crippen LogP contribution in [0, 0.1) is 0 Å². The Morgan fingerprint density at radius 2 is 1.76 bits per heavy atom. The summed E-state index contributed by atoms with van der Waals surface area (Å²) in [5.74, 6) is -3.63. The van der Waals surface area contributed by atoms with Gasteiger partial charge < -0.3 is 10.2 Å². The van der Waals surface area contributed by atoms with E-state index in [9.17, 15) is 18.0 Å². The third kappa shape index (κ3) is 6.31. The Kier molecular flexibility index (Phi) is 7.38. The number of carbonyl (C=O) groups is 2. The Balaban J connectivity index is 0.000000370. The molecular weight excluding hydrogens is 391 g/mol. The minimum atomic E-state index is -5.08. The Labute approximate surface area is 165 Å². The first-order valence-electron chi connectivity index (χ1n) is 8.94. The number of piperidine rings is 1. The number of nitrogens with zero attached hydrogens (tertiary/aromatic N) is 3. The largest absolute Gasteiger partial charge is 0.490 e. The first kappa shape index (κ1) is 22.4. The summed E-state index contributed by atoms with van der Waals surface area (Å²) in [6.45, 7) is 1.91. The molecule has 1 atom stereocenters. The third-order valence-electron chi connectivity index (χ3n) is 4.64. The molecule has 1 saturated heterocycles. The molecule has 7 nitrogen and oxygen atoms in total. The molecule has 0 radical (unpaired) electrons. The van der Waals surface area contributed by atoms with Crippen LogP contribution in [0.3, 0.4) is 0 Å². The van der Waals surface area contributed by atoms with E-state index < -0.39 is 18.1 Å². The van der Waals surface area contributed by atoms with Gasteiger partial charge in [0.2, 0.25) is 0 Å². The molecule has 0 amide bonds. The molecule has 10 heteroatoms. The summed E-state index contributed by atoms with van der Waals surface area (Å²) in [5.41, 5.74) is 2.74. The van der Waals surface area contributed by atoms with E-state index in [0.717, 1.165) is 25.1 Å². The molecule has 3 rings (SSSR count). The number of carboxylic acid groups (broad SMARTS) is 2. The van der Waals surface area contributed by atoms with Crippen LogP contribution in [0.5, 0.6) is 0 Å². The van der Waals surface area contributed by atoms with Gasteiger partial charge in [-0.15, -0.1) is 0 Å². The van der Waals surface area contributed by atoms with E-state index in [4.69, 9.17) is 15.0 Å². The van der Waals surface area contributed by atoms with Gasteiger partial charge in [0, 0.05) is 19.8 Å². The average molecular weight is 413 g/mol. The van der Waals surface area contributed by atoms with Crippen LogP contribution in [0.4, 0.5) is 13.2 Å². The number of hydrogen-bond donors (Lipinski definition) is 2. The first-order valence-corrected chi connectivity index (χ1v) is 8.94. The van der Waals surface area contributed by atoms with Gasteiger partial charge in [0.15, 0.2) is 0 Å². The zero-order valence-electron chi connectivity index (χ0n) is 15.8. The zero-order chi connectivity index (χ0) is 21.6. The van der Waals surface area contributed by atoms with Crippen molar-refractivity contribution in [3.05, 3.63) is 53.3 Å². The number of likely N-dealkylation sites (tertiary alicyclic amines) is 1. The SMILES string of the molecule is Cn1nccc1C1CCCCN1Cc1ccc(C(=O)O)cc1.O=C(O)C(F)(F)F. The number of benzene rings is 1. The number of alkyl halides is 3. The Morgan fingerprint density at radius 1 is 1.14 bits per heavy atom. The number of halogens is 3. The van der Waals surface area contributed by atoms with E-state index in [0.29, 0.717) is 11.6 Å². The summed E-state index contributed by atoms with van der Waals surface area (Å²) < 4.78 is 33.7. The van der Waals surface area contributed by atoms with Crippen LogP contribution in [-0.2, 0) is 18.4 Å². The molecule has 158 valence electrons. The van der Waals surface area contributed by atoms with Crippen molar-refractivity contribution < 1.29 is 33.0 Å². The molecular formula is C19H22F3N3O4. The number of aryl methyl sites for hydroxylation is 1. The fourth-order valence-corrected chi connectivity index (χ4v) is 3.21. The van der Waals surface area contributed by atoms with Gasteiger partial charge in [0.05, 0.1) is 17.3 Å². The molecule has 1 aromatic carbocycles. The maximum atomic E-state index is 10.9. The molecule has 0 spiro atoms. The topological polar surface area (TPSA) is 95.7 Å². The van der Waals surface area contributed by atoms with Crippen LogP contribution >= 0.6 is 0 Å². The highest BCUT2D eigenvalue weighted by atomic mass is 19.4. The van der Waals surface area contributed by atoms with Gasteiger partial charge in [-0.3, -0.25) is 9.58 Å². The molecule has 0 aliphatic carbocycles. The Bertz CT molecular complexity index is 834. The molecule has 1 aliphatic heterocycles. The monoisotopic (exact) mass is 413 g/mol. The smallest absolute Gasteiger partial charge is 0.478 e. The Hall–Kier alpha value is -2.88. The van der Waals surface area contributed by atoms with Gasteiger partial charge >= 0.3 is 18.1 Å². The van der Waals surface area contributed by atoms with Crippen LogP contribution < -0.4 is 0 Å². The molecule has 0 bridgehead atoms. The number of aromatic carboxylic acids is 1. The lowest BCUT2D eigenvalue weighted by Crippen LogP contribution is -2.34. The highest BCUT2D eigenvalue weighted by Crippen LogP contribution is 2.31. The fraction of sp³-hybridized carbons (Fsp3) is 0.421. The number of carboxylic acids is 2. The van der Waals surface area contributed by atoms with Crippen molar-refractivity contribution in [2.45, 2.75) is 38.0 Å². The summed E-state index contributed by atoms with van der Waals surface area (Å²) in [6, 6.07) is 9.68. The van der Waals surface area contributed by atoms with E-state index in [1.807, 2.05) is 30.1 Å². The first-order chi connectivity index (χ1) is 13.6. The second-order valence-electron chi connectivity index (χ2n) is 6.67. The molecule has 1 aliphatic rings. The second kappa shape index (κ2) is 9.55. The zero-order valence-corrected chi connectivity index (χ0v) is 15.8. The molecule has 1 unspecified atom stereocenters. The van der Waals surface area contributed by atoms with Crippen LogP contribution in [0.1, 0.15) is 46.9 Å². The molecule has 2 aromatic rings. The van der Waals surface area contributed by atoms with Crippen LogP contribution in [0.25, 0.3) is 0 Å². The van der Waals surface area contributed by atoms with E-state index in [2.05, 4.69) is 16.1 Å². The molecule has 1 aromatic heterocycles. The average Bonchev–Trinajstić information content (AvgIpc) is 3.08. The van der Waals surface area contributed by atoms with Crippen molar-refractivity contribution in [2.75, 3.05) is 6.54 Å². The van der Waals surface area contributed by atoms with Crippen molar-refractivity contribution in [1.82, 2.24) is 14.7 Å². The predicted octanol–water partition coefficient (Wildman–Crippen LogP) is 3.48. The highest BCUT2D eigenvalue weighted by Gasteiger charge is 2.38. The van der Waals surface area contributed by atoms with Crippen molar-refractivity contribution >= 4 is 11.9 Å². The minimum Gasteiger partial charge on any atom is -0.478 e. The summed E-state index contributed by atoms with van der Waals surface area (Å²) in [5, 5.41) is 20.4. The second-order valence-corrected chi connectivity index (χ2v) is 6.67. The Morgan fingerprint density at radius 3 is 2.24 bits per heavy atom. The van der Waals surface area contributed by atoms with Crippen LogP contribution in [0.15, 0.2) is 36.5 Å². The molecule has 29 heavy (non-hydrogen) atoms. The summed E-state index contributed by atoms with van der Waals surface area (Å²) in [7, 11) is 1.99. The number of hydrogen-bond acceptors (Lipinski definition) is 4. The van der Waals surface area contributed by atoms with E-state index in [1.54, 1.807) is 12.1 Å². The maximum absolute atomic E-state index is 10.9. The number of rotatable bonds is 4. The van der Waals surface area contributed by atoms with Crippen molar-refractivity contribution in [3.8, 4) is 0 Å². The minimum absolute atomic E-state index is 0.338. The van der Waals surface area contributed by atoms with Crippen molar-refractivity contribution in [1.29, 1.82) is 0 Å². The van der Waals surface area contributed by atoms with Crippen molar-refractivity contribution in [2.24, 2.45) is 7.05 Å². The van der Waals surface area contributed by atoms with Gasteiger partial charge in [0.1, 0.15) is 0 Å². The summed E-state index contributed by atoms with van der Waals surface area (Å²) in [6.07, 6.45) is 0.363. The summed E-state index contributed by atoms with van der Waals surface area (Å²) in [4.78, 5) is 22.3. The molecule has 2 heterocycles. The molecule has 1 fully saturated rings. The van der Waals surface area contributed by atoms with Gasteiger partial charge in [-0.25, -0.2) is 9.59 Å². The van der Waals surface area contributed by atoms with Gasteiger partial charge in [-0.1, -0.05) is 18.6 Å². The van der Waals surface area contributed by atoms with E-state index in [1.165, 1.54) is 18.5 Å². The normalized spacial score (nSPS) is 17.3. The number of aromatic nitrogens is 2. The van der Waals surface area contributed by atoms with Gasteiger partial charge in [-0.05, 0) is 43.1 Å². The van der Waals surface area contributed by atoms with E-state index in [-0.39, 0.29) is 0 Å². The quantitative estimate of drug-likeness (QED) is 0.797. The lowest BCUT2D eigenvalue weighted by Gasteiger charge is -2.35. The van der Waals surface area contributed by atoms with E-state index >= 15 is 0 Å². The fourth-order valence-electron chi connectivity index (χ4n) is 3.21. The highest BCUT2D eigenvalue weighted by molar-refractivity contribution is 5.87. The standard InChI is InChI=1S/C17H21N3O2.C2HF3O2/c1-19-15(9-10-18-19)16-4-2-3-11-20(16)12-13-5-7-14(8-6-13)17(21)22;3-2(4,5)1(6)7/h5-10,16H,2-4,11-12H2,1H3,(H,21,22);(H,6,7). The molecule has 2 N–H and O–H groups in total. The van der Waals surface area contributed by atoms with Gasteiger partial charge in [0.25, 0.3) is 0 Å². The third-order valence-corrected chi connectivity index (χ3v) is 4.64. The molecule has 0 saturated carbocycles. The van der Waals surface area contributed by atoms with Gasteiger partial charge in [-0.2, -0.15) is 18.3 Å². The van der Waals surface area contributed by atoms with Crippen molar-refractivity contribution in [3.63, 3.8) is 0 Å². The lowest BCUT2D eigenvalue weighted by atomic mass is 9.98. The van der Waals surface area contributed by atoms with Crippen LogP contribution in [-0.4, -0.2) is 49.6 Å².